The van der Waals surface area contributed by atoms with Crippen molar-refractivity contribution in [3.63, 3.8) is 0 Å². The topological polar surface area (TPSA) is 74.2 Å². The number of benzene rings is 3. The van der Waals surface area contributed by atoms with Crippen LogP contribution >= 0.6 is 22.9 Å². The maximum absolute atomic E-state index is 13.0. The van der Waals surface area contributed by atoms with Crippen molar-refractivity contribution in [3.05, 3.63) is 98.5 Å². The maximum atomic E-state index is 13.0. The van der Waals surface area contributed by atoms with E-state index in [-0.39, 0.29) is 17.3 Å². The van der Waals surface area contributed by atoms with E-state index in [1.165, 1.54) is 11.3 Å². The van der Waals surface area contributed by atoms with Gasteiger partial charge in [0.25, 0.3) is 0 Å². The van der Waals surface area contributed by atoms with Gasteiger partial charge in [-0.25, -0.2) is 14.6 Å². The largest absolute Gasteiger partial charge is 0.490 e. The van der Waals surface area contributed by atoms with E-state index >= 15 is 0 Å². The van der Waals surface area contributed by atoms with Gasteiger partial charge in [0, 0.05) is 15.6 Å². The average molecular weight is 532 g/mol. The van der Waals surface area contributed by atoms with Gasteiger partial charge in [-0.3, -0.25) is 0 Å². The van der Waals surface area contributed by atoms with Crippen molar-refractivity contribution >= 4 is 56.9 Å². The van der Waals surface area contributed by atoms with Crippen molar-refractivity contribution in [1.29, 1.82) is 0 Å². The third-order valence-corrected chi connectivity index (χ3v) is 7.30. The van der Waals surface area contributed by atoms with Crippen LogP contribution < -0.4 is 9.47 Å². The molecule has 1 aliphatic rings. The van der Waals surface area contributed by atoms with Crippen LogP contribution in [-0.4, -0.2) is 24.4 Å². The lowest BCUT2D eigenvalue weighted by Gasteiger charge is -2.11. The molecule has 1 aliphatic heterocycles. The smallest absolute Gasteiger partial charge is 0.363 e. The molecule has 0 atom stereocenters. The fourth-order valence-electron chi connectivity index (χ4n) is 3.80. The molecule has 0 aliphatic carbocycles. The van der Waals surface area contributed by atoms with Crippen molar-refractivity contribution in [2.45, 2.75) is 20.8 Å². The Bertz CT molecular complexity index is 1600. The number of aliphatic imine (C=N–C) groups is 1. The number of aryl methyl sites for hydroxylation is 2. The van der Waals surface area contributed by atoms with Gasteiger partial charge >= 0.3 is 11.9 Å². The first-order chi connectivity index (χ1) is 17.8. The second kappa shape index (κ2) is 10.2. The normalized spacial score (nSPS) is 14.1. The highest BCUT2D eigenvalue weighted by atomic mass is 35.5. The second-order valence-corrected chi connectivity index (χ2v) is 9.91. The summed E-state index contributed by atoms with van der Waals surface area (Å²) in [6.07, 6.45) is 1.60. The number of esters is 2. The van der Waals surface area contributed by atoms with Gasteiger partial charge in [0.05, 0.1) is 11.6 Å². The Balaban J connectivity index is 1.41. The van der Waals surface area contributed by atoms with Crippen LogP contribution in [0.1, 0.15) is 38.8 Å². The Kier molecular flexibility index (Phi) is 6.82. The van der Waals surface area contributed by atoms with Crippen LogP contribution in [0.25, 0.3) is 16.2 Å². The summed E-state index contributed by atoms with van der Waals surface area (Å²) in [6.45, 7) is 6.14. The van der Waals surface area contributed by atoms with Crippen LogP contribution in [0.2, 0.25) is 5.02 Å². The quantitative estimate of drug-likeness (QED) is 0.150. The fraction of sp³-hybridized carbons (Fsp3) is 0.138. The third kappa shape index (κ3) is 5.14. The van der Waals surface area contributed by atoms with E-state index in [4.69, 9.17) is 25.8 Å². The van der Waals surface area contributed by atoms with Crippen molar-refractivity contribution < 1.29 is 23.8 Å². The Hall–Kier alpha value is -3.94. The Morgan fingerprint density at radius 1 is 1.03 bits per heavy atom. The molecule has 8 heteroatoms. The van der Waals surface area contributed by atoms with Gasteiger partial charge in [-0.15, -0.1) is 11.3 Å². The highest BCUT2D eigenvalue weighted by Gasteiger charge is 2.25. The number of cyclic esters (lactones) is 1. The monoisotopic (exact) mass is 531 g/mol. The number of fused-ring (bicyclic) bond motifs is 1. The van der Waals surface area contributed by atoms with E-state index in [9.17, 15) is 9.59 Å². The summed E-state index contributed by atoms with van der Waals surface area (Å²) in [5.41, 5.74) is 3.69. The Morgan fingerprint density at radius 2 is 1.78 bits per heavy atom. The highest BCUT2D eigenvalue weighted by molar-refractivity contribution is 7.21. The zero-order valence-electron chi connectivity index (χ0n) is 20.3. The molecule has 0 amide bonds. The molecule has 0 fully saturated rings. The summed E-state index contributed by atoms with van der Waals surface area (Å²) < 4.78 is 17.7. The first-order valence-corrected chi connectivity index (χ1v) is 12.8. The summed E-state index contributed by atoms with van der Waals surface area (Å²) in [6, 6.07) is 18.4. The summed E-state index contributed by atoms with van der Waals surface area (Å²) in [4.78, 5) is 30.1. The van der Waals surface area contributed by atoms with E-state index in [2.05, 4.69) is 4.99 Å². The Labute approximate surface area is 222 Å². The lowest BCUT2D eigenvalue weighted by molar-refractivity contribution is -0.129. The van der Waals surface area contributed by atoms with Gasteiger partial charge in [0.15, 0.2) is 17.2 Å². The molecule has 2 heterocycles. The molecule has 6 nitrogen and oxygen atoms in total. The number of carbonyl (C=O) groups excluding carboxylic acids is 2. The van der Waals surface area contributed by atoms with Crippen LogP contribution in [0, 0.1) is 13.8 Å². The summed E-state index contributed by atoms with van der Waals surface area (Å²) in [5.74, 6) is -0.257. The van der Waals surface area contributed by atoms with Crippen molar-refractivity contribution in [3.8, 4) is 11.5 Å². The van der Waals surface area contributed by atoms with Crippen molar-refractivity contribution in [2.24, 2.45) is 4.99 Å². The van der Waals surface area contributed by atoms with Crippen LogP contribution in [0.4, 0.5) is 0 Å². The lowest BCUT2D eigenvalue weighted by atomic mass is 10.1. The molecule has 0 bridgehead atoms. The zero-order chi connectivity index (χ0) is 26.1. The first kappa shape index (κ1) is 24.7. The number of halogens is 1. The van der Waals surface area contributed by atoms with Crippen LogP contribution in [-0.2, 0) is 9.53 Å². The number of rotatable bonds is 6. The van der Waals surface area contributed by atoms with E-state index in [0.717, 1.165) is 26.8 Å². The number of hydrogen-bond donors (Lipinski definition) is 0. The van der Waals surface area contributed by atoms with Gasteiger partial charge in [-0.05, 0) is 68.3 Å². The molecular weight excluding hydrogens is 510 g/mol. The van der Waals surface area contributed by atoms with Crippen molar-refractivity contribution in [2.75, 3.05) is 6.61 Å². The SMILES string of the molecule is CCOc1cc(/C=C2/N=C(c3ccc(C)cc3)OC2=O)ccc1OC(=O)c1sc2cc(C)ccc2c1Cl. The molecule has 37 heavy (non-hydrogen) atoms. The summed E-state index contributed by atoms with van der Waals surface area (Å²) in [7, 11) is 0. The van der Waals surface area contributed by atoms with Gasteiger partial charge in [0.1, 0.15) is 4.88 Å². The molecule has 3 aromatic carbocycles. The maximum Gasteiger partial charge on any atom is 0.363 e. The molecule has 0 N–H and O–H groups in total. The molecule has 0 spiro atoms. The Morgan fingerprint density at radius 3 is 2.54 bits per heavy atom. The van der Waals surface area contributed by atoms with E-state index < -0.39 is 11.9 Å². The molecule has 4 aromatic rings. The predicted octanol–water partition coefficient (Wildman–Crippen LogP) is 7.13. The number of thiophene rings is 1. The van der Waals surface area contributed by atoms with Crippen LogP contribution in [0.15, 0.2) is 71.4 Å². The molecule has 186 valence electrons. The molecule has 0 saturated carbocycles. The number of ether oxygens (including phenoxy) is 3. The molecule has 5 rings (SSSR count). The molecule has 0 saturated heterocycles. The third-order valence-electron chi connectivity index (χ3n) is 5.66. The fourth-order valence-corrected chi connectivity index (χ4v) is 5.29. The number of hydrogen-bond acceptors (Lipinski definition) is 7. The first-order valence-electron chi connectivity index (χ1n) is 11.6. The summed E-state index contributed by atoms with van der Waals surface area (Å²) >= 11 is 7.77. The van der Waals surface area contributed by atoms with Gasteiger partial charge in [0.2, 0.25) is 5.90 Å². The molecule has 1 aromatic heterocycles. The standard InChI is InChI=1S/C29H22ClNO5S/c1-4-34-23-15-18(14-21-28(32)36-27(31-21)19-9-5-16(2)6-10-19)8-12-22(23)35-29(33)26-25(30)20-11-7-17(3)13-24(20)37-26/h5-15H,4H2,1-3H3/b21-14+. The second-order valence-electron chi connectivity index (χ2n) is 8.48. The van der Waals surface area contributed by atoms with Gasteiger partial charge in [-0.2, -0.15) is 0 Å². The molecule has 0 radical (unpaired) electrons. The van der Waals surface area contributed by atoms with E-state index in [1.807, 2.05) is 63.2 Å². The van der Waals surface area contributed by atoms with Gasteiger partial charge < -0.3 is 14.2 Å². The van der Waals surface area contributed by atoms with Gasteiger partial charge in [-0.1, -0.05) is 47.5 Å². The lowest BCUT2D eigenvalue weighted by Crippen LogP contribution is -2.08. The van der Waals surface area contributed by atoms with Crippen LogP contribution in [0.3, 0.4) is 0 Å². The van der Waals surface area contributed by atoms with E-state index in [1.54, 1.807) is 24.3 Å². The molecular formula is C29H22ClNO5S. The summed E-state index contributed by atoms with van der Waals surface area (Å²) in [5, 5.41) is 1.18. The number of nitrogens with zero attached hydrogens (tertiary/aromatic N) is 1. The van der Waals surface area contributed by atoms with Crippen molar-refractivity contribution in [1.82, 2.24) is 0 Å². The molecule has 0 unspecified atom stereocenters. The average Bonchev–Trinajstić information content (AvgIpc) is 3.40. The highest BCUT2D eigenvalue weighted by Crippen LogP contribution is 2.38. The number of carbonyl (C=O) groups is 2. The van der Waals surface area contributed by atoms with E-state index in [0.29, 0.717) is 27.8 Å². The van der Waals surface area contributed by atoms with Crippen LogP contribution in [0.5, 0.6) is 11.5 Å². The predicted molar refractivity (Wildman–Crippen MR) is 146 cm³/mol. The minimum atomic E-state index is -0.567. The zero-order valence-corrected chi connectivity index (χ0v) is 21.9. The minimum Gasteiger partial charge on any atom is -0.490 e. The minimum absolute atomic E-state index is 0.162.